The first-order valence-corrected chi connectivity index (χ1v) is 10.4. The maximum absolute atomic E-state index is 13.9. The van der Waals surface area contributed by atoms with Crippen LogP contribution in [0.3, 0.4) is 0 Å². The summed E-state index contributed by atoms with van der Waals surface area (Å²) in [4.78, 5) is 0. The average Bonchev–Trinajstić information content (AvgIpc) is 2.59. The van der Waals surface area contributed by atoms with Gasteiger partial charge in [-0.05, 0) is 20.8 Å². The minimum absolute atomic E-state index is 0.291. The molecular formula is C14H19F13O3Si. The van der Waals surface area contributed by atoms with Crippen LogP contribution in [0.15, 0.2) is 0 Å². The highest BCUT2D eigenvalue weighted by Gasteiger charge is 2.90. The van der Waals surface area contributed by atoms with E-state index in [0.717, 1.165) is 0 Å². The van der Waals surface area contributed by atoms with Gasteiger partial charge < -0.3 is 13.3 Å². The van der Waals surface area contributed by atoms with Gasteiger partial charge in [0.05, 0.1) is 0 Å². The predicted octanol–water partition coefficient (Wildman–Crippen LogP) is 6.16. The summed E-state index contributed by atoms with van der Waals surface area (Å²) in [6.45, 7) is 3.00. The Hall–Kier alpha value is -0.813. The lowest BCUT2D eigenvalue weighted by molar-refractivity contribution is -0.440. The summed E-state index contributed by atoms with van der Waals surface area (Å²) in [5, 5.41) is 0. The third-order valence-corrected chi connectivity index (χ3v) is 6.88. The number of hydrogen-bond acceptors (Lipinski definition) is 3. The molecule has 0 aliphatic carbocycles. The lowest BCUT2D eigenvalue weighted by atomic mass is 9.93. The molecule has 188 valence electrons. The van der Waals surface area contributed by atoms with Crippen molar-refractivity contribution in [3.05, 3.63) is 0 Å². The Labute approximate surface area is 169 Å². The summed E-state index contributed by atoms with van der Waals surface area (Å²) in [6.07, 6.45) is -9.85. The van der Waals surface area contributed by atoms with Gasteiger partial charge in [0, 0.05) is 32.3 Å². The van der Waals surface area contributed by atoms with Crippen LogP contribution in [0.2, 0.25) is 6.04 Å². The molecule has 0 N–H and O–H groups in total. The third kappa shape index (κ3) is 5.40. The molecule has 0 aliphatic heterocycles. The minimum Gasteiger partial charge on any atom is -0.374 e. The molecule has 0 saturated carbocycles. The topological polar surface area (TPSA) is 27.7 Å². The van der Waals surface area contributed by atoms with Crippen molar-refractivity contribution >= 4 is 8.80 Å². The molecule has 0 saturated heterocycles. The lowest BCUT2D eigenvalue weighted by Gasteiger charge is -2.40. The normalized spacial score (nSPS) is 15.5. The maximum Gasteiger partial charge on any atom is 0.501 e. The van der Waals surface area contributed by atoms with Gasteiger partial charge >= 0.3 is 44.6 Å². The Morgan fingerprint density at radius 1 is 0.516 bits per heavy atom. The van der Waals surface area contributed by atoms with Gasteiger partial charge in [-0.25, -0.2) is 0 Å². The number of rotatable bonds is 13. The van der Waals surface area contributed by atoms with E-state index in [9.17, 15) is 57.1 Å². The average molecular weight is 510 g/mol. The Kier molecular flexibility index (Phi) is 9.33. The largest absolute Gasteiger partial charge is 0.501 e. The van der Waals surface area contributed by atoms with Crippen LogP contribution < -0.4 is 0 Å². The third-order valence-electron chi connectivity index (χ3n) is 3.84. The summed E-state index contributed by atoms with van der Waals surface area (Å²) < 4.78 is 186. The number of hydrogen-bond donors (Lipinski definition) is 0. The Morgan fingerprint density at radius 3 is 1.13 bits per heavy atom. The van der Waals surface area contributed by atoms with Crippen LogP contribution in [0, 0.1) is 0 Å². The fraction of sp³-hybridized carbons (Fsp3) is 1.00. The summed E-state index contributed by atoms with van der Waals surface area (Å²) in [7, 11) is -4.23. The van der Waals surface area contributed by atoms with Gasteiger partial charge in [-0.1, -0.05) is 0 Å². The zero-order chi connectivity index (χ0) is 25.2. The Bertz CT molecular complexity index is 563. The molecule has 0 aliphatic rings. The molecule has 0 amide bonds. The van der Waals surface area contributed by atoms with Crippen molar-refractivity contribution in [2.45, 2.75) is 69.0 Å². The van der Waals surface area contributed by atoms with E-state index < -0.39 is 57.1 Å². The molecule has 0 fully saturated rings. The monoisotopic (exact) mass is 510 g/mol. The second-order valence-corrected chi connectivity index (χ2v) is 8.71. The fourth-order valence-corrected chi connectivity index (χ4v) is 4.89. The van der Waals surface area contributed by atoms with E-state index in [1.54, 1.807) is 0 Å². The summed E-state index contributed by atoms with van der Waals surface area (Å²) in [5.41, 5.74) is 0. The second kappa shape index (κ2) is 9.58. The van der Waals surface area contributed by atoms with Gasteiger partial charge in [0.25, 0.3) is 0 Å². The van der Waals surface area contributed by atoms with Gasteiger partial charge in [-0.3, -0.25) is 0 Å². The van der Waals surface area contributed by atoms with Gasteiger partial charge in [-0.15, -0.1) is 0 Å². The van der Waals surface area contributed by atoms with E-state index in [1.807, 2.05) is 0 Å². The molecule has 0 unspecified atom stereocenters. The van der Waals surface area contributed by atoms with Crippen molar-refractivity contribution in [1.82, 2.24) is 0 Å². The molecule has 0 aromatic carbocycles. The van der Waals surface area contributed by atoms with E-state index in [-0.39, 0.29) is 19.8 Å². The van der Waals surface area contributed by atoms with Crippen LogP contribution in [0.5, 0.6) is 0 Å². The molecule has 0 atom stereocenters. The van der Waals surface area contributed by atoms with Crippen molar-refractivity contribution in [3.63, 3.8) is 0 Å². The highest BCUT2D eigenvalue weighted by atomic mass is 28.4. The van der Waals surface area contributed by atoms with Crippen molar-refractivity contribution in [3.8, 4) is 0 Å². The molecule has 0 aromatic rings. The molecule has 3 nitrogen and oxygen atoms in total. The van der Waals surface area contributed by atoms with Gasteiger partial charge in [0.2, 0.25) is 0 Å². The van der Waals surface area contributed by atoms with Crippen LogP contribution >= 0.6 is 0 Å². The Morgan fingerprint density at radius 2 is 0.839 bits per heavy atom. The second-order valence-electron chi connectivity index (χ2n) is 5.98. The van der Waals surface area contributed by atoms with Crippen LogP contribution in [0.4, 0.5) is 57.1 Å². The molecule has 0 bridgehead atoms. The van der Waals surface area contributed by atoms with E-state index >= 15 is 0 Å². The minimum atomic E-state index is -7.92. The first-order chi connectivity index (χ1) is 13.6. The standard InChI is InChI=1S/C14H19F13O3Si/c1-4-28-31(29-5-2,30-6-3)8-7-9(15,16)10(17,18)11(19,20)12(21,22)13(23,24)14(25,26)27/h4-8H2,1-3H3. The lowest BCUT2D eigenvalue weighted by Crippen LogP contribution is -2.70. The highest BCUT2D eigenvalue weighted by molar-refractivity contribution is 6.60. The first-order valence-electron chi connectivity index (χ1n) is 8.51. The smallest absolute Gasteiger partial charge is 0.374 e. The number of alkyl halides is 13. The molecular weight excluding hydrogens is 491 g/mol. The molecule has 0 heterocycles. The van der Waals surface area contributed by atoms with Gasteiger partial charge in [0.1, 0.15) is 0 Å². The highest BCUT2D eigenvalue weighted by Crippen LogP contribution is 2.60. The van der Waals surface area contributed by atoms with E-state index in [4.69, 9.17) is 13.3 Å². The summed E-state index contributed by atoms with van der Waals surface area (Å²) >= 11 is 0. The van der Waals surface area contributed by atoms with Crippen LogP contribution in [-0.4, -0.2) is 64.4 Å². The van der Waals surface area contributed by atoms with E-state index in [2.05, 4.69) is 0 Å². The zero-order valence-electron chi connectivity index (χ0n) is 16.2. The molecule has 17 heteroatoms. The Balaban J connectivity index is 6.11. The summed E-state index contributed by atoms with van der Waals surface area (Å²) in [5.74, 6) is -37.0. The van der Waals surface area contributed by atoms with Gasteiger partial charge in [0.15, 0.2) is 0 Å². The van der Waals surface area contributed by atoms with E-state index in [0.29, 0.717) is 0 Å². The van der Waals surface area contributed by atoms with Gasteiger partial charge in [-0.2, -0.15) is 57.1 Å². The maximum atomic E-state index is 13.9. The SMILES string of the molecule is CCO[Si](CCC(F)(F)C(F)(F)C(F)(F)C(F)(F)C(F)(F)C(F)(F)F)(OCC)OCC. The molecule has 0 rings (SSSR count). The first kappa shape index (κ1) is 30.2. The fourth-order valence-electron chi connectivity index (χ4n) is 2.27. The van der Waals surface area contributed by atoms with Crippen molar-refractivity contribution in [2.75, 3.05) is 19.8 Å². The quantitative estimate of drug-likeness (QED) is 0.219. The van der Waals surface area contributed by atoms with Crippen LogP contribution in [0.25, 0.3) is 0 Å². The molecule has 0 aromatic heterocycles. The van der Waals surface area contributed by atoms with Crippen molar-refractivity contribution < 1.29 is 70.4 Å². The van der Waals surface area contributed by atoms with Crippen molar-refractivity contribution in [1.29, 1.82) is 0 Å². The molecule has 31 heavy (non-hydrogen) atoms. The van der Waals surface area contributed by atoms with Crippen LogP contribution in [-0.2, 0) is 13.3 Å². The molecule has 0 radical (unpaired) electrons. The van der Waals surface area contributed by atoms with Crippen LogP contribution in [0.1, 0.15) is 27.2 Å². The van der Waals surface area contributed by atoms with E-state index in [1.165, 1.54) is 20.8 Å². The zero-order valence-corrected chi connectivity index (χ0v) is 17.2. The van der Waals surface area contributed by atoms with Crippen molar-refractivity contribution in [2.24, 2.45) is 0 Å². The number of halogens is 13. The predicted molar refractivity (Wildman–Crippen MR) is 80.8 cm³/mol. The summed E-state index contributed by atoms with van der Waals surface area (Å²) in [6, 6.07) is -1.36. The molecule has 0 spiro atoms.